The predicted octanol–water partition coefficient (Wildman–Crippen LogP) is 3.34. The standard InChI is InChI=1S/C22H42O2.Na/c1-2-3-4-5-6-7-8-9-10-11-12-13-14-15-16-17-18-19-20-21-22(23)24;/h20-21H,2-19H2,1H3,(H,23,24);/q;+1/p-1. The Morgan fingerprint density at radius 3 is 1.28 bits per heavy atom. The van der Waals surface area contributed by atoms with Crippen LogP contribution in [-0.2, 0) is 4.79 Å². The van der Waals surface area contributed by atoms with Crippen molar-refractivity contribution in [3.63, 3.8) is 0 Å². The van der Waals surface area contributed by atoms with Crippen molar-refractivity contribution in [3.05, 3.63) is 12.2 Å². The number of allylic oxidation sites excluding steroid dienone is 1. The van der Waals surface area contributed by atoms with Crippen LogP contribution in [0.25, 0.3) is 0 Å². The number of rotatable bonds is 19. The van der Waals surface area contributed by atoms with E-state index in [2.05, 4.69) is 6.92 Å². The zero-order chi connectivity index (χ0) is 17.7. The van der Waals surface area contributed by atoms with Gasteiger partial charge in [0.05, 0.1) is 5.97 Å². The Labute approximate surface area is 179 Å². The van der Waals surface area contributed by atoms with Gasteiger partial charge in [0.15, 0.2) is 0 Å². The maximum atomic E-state index is 10.2. The summed E-state index contributed by atoms with van der Waals surface area (Å²) in [6.45, 7) is 2.28. The fourth-order valence-electron chi connectivity index (χ4n) is 3.17. The second-order valence-electron chi connectivity index (χ2n) is 7.17. The van der Waals surface area contributed by atoms with Gasteiger partial charge in [0.25, 0.3) is 0 Å². The van der Waals surface area contributed by atoms with Gasteiger partial charge in [0.1, 0.15) is 0 Å². The molecule has 0 atom stereocenters. The number of aliphatic carboxylic acids is 1. The topological polar surface area (TPSA) is 40.1 Å². The molecule has 0 aromatic heterocycles. The molecular weight excluding hydrogens is 319 g/mol. The summed E-state index contributed by atoms with van der Waals surface area (Å²) in [4.78, 5) is 10.2. The average Bonchev–Trinajstić information content (AvgIpc) is 2.56. The number of carboxylic acids is 1. The van der Waals surface area contributed by atoms with Gasteiger partial charge >= 0.3 is 29.6 Å². The smallest absolute Gasteiger partial charge is 0.545 e. The molecule has 0 aliphatic carbocycles. The fraction of sp³-hybridized carbons (Fsp3) is 0.864. The summed E-state index contributed by atoms with van der Waals surface area (Å²) in [7, 11) is 0. The maximum Gasteiger partial charge on any atom is 1.00 e. The molecule has 0 N–H and O–H groups in total. The van der Waals surface area contributed by atoms with Crippen LogP contribution in [0.3, 0.4) is 0 Å². The van der Waals surface area contributed by atoms with Crippen LogP contribution >= 0.6 is 0 Å². The van der Waals surface area contributed by atoms with Crippen molar-refractivity contribution in [2.24, 2.45) is 0 Å². The minimum absolute atomic E-state index is 0. The molecule has 0 saturated heterocycles. The number of carboxylic acid groups (broad SMARTS) is 1. The van der Waals surface area contributed by atoms with Gasteiger partial charge in [-0.15, -0.1) is 0 Å². The van der Waals surface area contributed by atoms with Gasteiger partial charge < -0.3 is 9.90 Å². The van der Waals surface area contributed by atoms with E-state index in [1.54, 1.807) is 6.08 Å². The van der Waals surface area contributed by atoms with E-state index in [4.69, 9.17) is 0 Å². The molecule has 0 aliphatic rings. The third-order valence-corrected chi connectivity index (χ3v) is 4.73. The number of unbranched alkanes of at least 4 members (excludes halogenated alkanes) is 17. The molecule has 2 nitrogen and oxygen atoms in total. The molecule has 3 heteroatoms. The Hall–Kier alpha value is 0.210. The van der Waals surface area contributed by atoms with Gasteiger partial charge in [-0.25, -0.2) is 0 Å². The average molecular weight is 361 g/mol. The van der Waals surface area contributed by atoms with Crippen molar-refractivity contribution in [2.45, 2.75) is 122 Å². The van der Waals surface area contributed by atoms with E-state index >= 15 is 0 Å². The van der Waals surface area contributed by atoms with Crippen LogP contribution in [0.1, 0.15) is 122 Å². The summed E-state index contributed by atoms with van der Waals surface area (Å²) in [6.07, 6.45) is 27.1. The zero-order valence-electron chi connectivity index (χ0n) is 17.2. The maximum absolute atomic E-state index is 10.2. The van der Waals surface area contributed by atoms with Crippen molar-refractivity contribution >= 4 is 5.97 Å². The number of hydrogen-bond donors (Lipinski definition) is 0. The van der Waals surface area contributed by atoms with Crippen molar-refractivity contribution < 1.29 is 39.5 Å². The first kappa shape index (κ1) is 27.4. The first-order valence-electron chi connectivity index (χ1n) is 10.6. The Morgan fingerprint density at radius 1 is 0.640 bits per heavy atom. The van der Waals surface area contributed by atoms with Crippen molar-refractivity contribution in [3.8, 4) is 0 Å². The van der Waals surface area contributed by atoms with E-state index in [1.807, 2.05) is 0 Å². The third kappa shape index (κ3) is 26.5. The molecule has 0 saturated carbocycles. The molecule has 0 fully saturated rings. The van der Waals surface area contributed by atoms with Crippen molar-refractivity contribution in [1.82, 2.24) is 0 Å². The minimum atomic E-state index is -1.08. The molecule has 0 unspecified atom stereocenters. The Balaban J connectivity index is 0. The van der Waals surface area contributed by atoms with Crippen LogP contribution in [-0.4, -0.2) is 5.97 Å². The van der Waals surface area contributed by atoms with Gasteiger partial charge in [-0.2, -0.15) is 0 Å². The predicted molar refractivity (Wildman–Crippen MR) is 103 cm³/mol. The van der Waals surface area contributed by atoms with E-state index in [1.165, 1.54) is 103 Å². The fourth-order valence-corrected chi connectivity index (χ4v) is 3.17. The first-order valence-corrected chi connectivity index (χ1v) is 10.6. The van der Waals surface area contributed by atoms with Crippen LogP contribution in [0.5, 0.6) is 0 Å². The van der Waals surface area contributed by atoms with E-state index in [0.717, 1.165) is 18.9 Å². The van der Waals surface area contributed by atoms with Crippen LogP contribution in [0, 0.1) is 0 Å². The van der Waals surface area contributed by atoms with Crippen LogP contribution in [0.15, 0.2) is 12.2 Å². The van der Waals surface area contributed by atoms with Crippen molar-refractivity contribution in [1.29, 1.82) is 0 Å². The quantitative estimate of drug-likeness (QED) is 0.201. The minimum Gasteiger partial charge on any atom is -0.545 e. The normalized spacial score (nSPS) is 10.9. The van der Waals surface area contributed by atoms with Gasteiger partial charge in [-0.1, -0.05) is 116 Å². The van der Waals surface area contributed by atoms with Gasteiger partial charge in [0.2, 0.25) is 0 Å². The summed E-state index contributed by atoms with van der Waals surface area (Å²) in [6, 6.07) is 0. The van der Waals surface area contributed by atoms with Crippen molar-refractivity contribution in [2.75, 3.05) is 0 Å². The van der Waals surface area contributed by atoms with Crippen LogP contribution in [0.2, 0.25) is 0 Å². The van der Waals surface area contributed by atoms with E-state index in [9.17, 15) is 9.90 Å². The molecule has 0 rings (SSSR count). The molecule has 0 aliphatic heterocycles. The SMILES string of the molecule is CCCCCCCCCCCCCCCCCCCC=CC(=O)[O-].[Na+]. The van der Waals surface area contributed by atoms with E-state index in [0.29, 0.717) is 0 Å². The molecule has 25 heavy (non-hydrogen) atoms. The second-order valence-corrected chi connectivity index (χ2v) is 7.17. The summed E-state index contributed by atoms with van der Waals surface area (Å²) in [5, 5.41) is 10.2. The molecular formula is C22H41NaO2. The van der Waals surface area contributed by atoms with Gasteiger partial charge in [-0.3, -0.25) is 0 Å². The molecule has 0 bridgehead atoms. The molecule has 142 valence electrons. The Morgan fingerprint density at radius 2 is 0.960 bits per heavy atom. The summed E-state index contributed by atoms with van der Waals surface area (Å²) in [5.41, 5.74) is 0. The molecule has 0 heterocycles. The van der Waals surface area contributed by atoms with Gasteiger partial charge in [-0.05, 0) is 18.9 Å². The van der Waals surface area contributed by atoms with Crippen LogP contribution < -0.4 is 34.7 Å². The van der Waals surface area contributed by atoms with Crippen LogP contribution in [0.4, 0.5) is 0 Å². The number of hydrogen-bond acceptors (Lipinski definition) is 2. The largest absolute Gasteiger partial charge is 1.00 e. The molecule has 0 spiro atoms. The van der Waals surface area contributed by atoms with E-state index < -0.39 is 5.97 Å². The first-order chi connectivity index (χ1) is 11.8. The number of carbonyl (C=O) groups excluding carboxylic acids is 1. The Bertz CT molecular complexity index is 290. The molecule has 0 aromatic carbocycles. The summed E-state index contributed by atoms with van der Waals surface area (Å²) >= 11 is 0. The van der Waals surface area contributed by atoms with E-state index in [-0.39, 0.29) is 29.6 Å². The molecule has 0 radical (unpaired) electrons. The van der Waals surface area contributed by atoms with Gasteiger partial charge in [0, 0.05) is 0 Å². The second kappa shape index (κ2) is 24.2. The monoisotopic (exact) mass is 360 g/mol. The Kier molecular flexibility index (Phi) is 26.6. The third-order valence-electron chi connectivity index (χ3n) is 4.73. The summed E-state index contributed by atoms with van der Waals surface area (Å²) < 4.78 is 0. The zero-order valence-corrected chi connectivity index (χ0v) is 19.2. The molecule has 0 aromatic rings. The summed E-state index contributed by atoms with van der Waals surface area (Å²) in [5.74, 6) is -1.08. The molecule has 0 amide bonds. The number of carbonyl (C=O) groups is 1.